The fourth-order valence-corrected chi connectivity index (χ4v) is 3.04. The molecule has 1 aliphatic rings. The Kier molecular flexibility index (Phi) is 4.81. The summed E-state index contributed by atoms with van der Waals surface area (Å²) >= 11 is 0. The molecule has 3 nitrogen and oxygen atoms in total. The SMILES string of the molecule is CC(C)C1CCCN(CC(=O)c2cccn2C)CC1. The van der Waals surface area contributed by atoms with E-state index in [1.165, 1.54) is 19.3 Å². The summed E-state index contributed by atoms with van der Waals surface area (Å²) in [6.07, 6.45) is 5.71. The largest absolute Gasteiger partial charge is 0.348 e. The standard InChI is InChI=1S/C16H26N2O/c1-13(2)14-6-4-10-18(11-8-14)12-16(19)15-7-5-9-17(15)3/h5,7,9,13-14H,4,6,8,10-12H2,1-3H3. The van der Waals surface area contributed by atoms with E-state index < -0.39 is 0 Å². The third-order valence-electron chi connectivity index (χ3n) is 4.40. The molecule has 1 fully saturated rings. The zero-order valence-corrected chi connectivity index (χ0v) is 12.4. The molecule has 1 atom stereocenters. The minimum atomic E-state index is 0.246. The smallest absolute Gasteiger partial charge is 0.193 e. The van der Waals surface area contributed by atoms with Crippen LogP contribution in [-0.4, -0.2) is 34.9 Å². The normalized spacial score (nSPS) is 21.6. The highest BCUT2D eigenvalue weighted by molar-refractivity contribution is 5.96. The lowest BCUT2D eigenvalue weighted by Gasteiger charge is -2.20. The van der Waals surface area contributed by atoms with E-state index in [-0.39, 0.29) is 5.78 Å². The maximum absolute atomic E-state index is 12.3. The van der Waals surface area contributed by atoms with Gasteiger partial charge in [-0.2, -0.15) is 0 Å². The van der Waals surface area contributed by atoms with Crippen LogP contribution in [0.3, 0.4) is 0 Å². The Morgan fingerprint density at radius 2 is 2.16 bits per heavy atom. The molecular formula is C16H26N2O. The van der Waals surface area contributed by atoms with E-state index in [4.69, 9.17) is 0 Å². The van der Waals surface area contributed by atoms with Gasteiger partial charge in [0.1, 0.15) is 0 Å². The maximum Gasteiger partial charge on any atom is 0.193 e. The molecule has 0 aromatic carbocycles. The van der Waals surface area contributed by atoms with Crippen LogP contribution in [0.25, 0.3) is 0 Å². The van der Waals surface area contributed by atoms with Crippen molar-refractivity contribution in [2.45, 2.75) is 33.1 Å². The number of ketones is 1. The molecule has 19 heavy (non-hydrogen) atoms. The first-order chi connectivity index (χ1) is 9.08. The second-order valence-corrected chi connectivity index (χ2v) is 6.14. The Hall–Kier alpha value is -1.09. The number of hydrogen-bond acceptors (Lipinski definition) is 2. The van der Waals surface area contributed by atoms with Crippen LogP contribution in [0.5, 0.6) is 0 Å². The predicted molar refractivity (Wildman–Crippen MR) is 78.4 cm³/mol. The highest BCUT2D eigenvalue weighted by atomic mass is 16.1. The number of aryl methyl sites for hydroxylation is 1. The summed E-state index contributed by atoms with van der Waals surface area (Å²) in [5.41, 5.74) is 0.824. The summed E-state index contributed by atoms with van der Waals surface area (Å²) in [6, 6.07) is 3.85. The van der Waals surface area contributed by atoms with E-state index in [0.717, 1.165) is 30.6 Å². The zero-order chi connectivity index (χ0) is 13.8. The van der Waals surface area contributed by atoms with Gasteiger partial charge in [0.25, 0.3) is 0 Å². The second kappa shape index (κ2) is 6.38. The molecule has 2 rings (SSSR count). The molecule has 1 saturated heterocycles. The lowest BCUT2D eigenvalue weighted by Crippen LogP contribution is -2.31. The van der Waals surface area contributed by atoms with Gasteiger partial charge in [0.05, 0.1) is 12.2 Å². The number of carbonyl (C=O) groups excluding carboxylic acids is 1. The lowest BCUT2D eigenvalue weighted by atomic mass is 9.89. The summed E-state index contributed by atoms with van der Waals surface area (Å²) in [7, 11) is 1.93. The Bertz CT molecular complexity index is 422. The van der Waals surface area contributed by atoms with Crippen LogP contribution in [0.4, 0.5) is 0 Å². The van der Waals surface area contributed by atoms with Gasteiger partial charge in [-0.3, -0.25) is 9.69 Å². The summed E-state index contributed by atoms with van der Waals surface area (Å²) in [5.74, 6) is 1.84. The van der Waals surface area contributed by atoms with Crippen LogP contribution < -0.4 is 0 Å². The number of aromatic nitrogens is 1. The van der Waals surface area contributed by atoms with E-state index in [1.54, 1.807) is 0 Å². The number of hydrogen-bond donors (Lipinski definition) is 0. The van der Waals surface area contributed by atoms with E-state index in [0.29, 0.717) is 6.54 Å². The molecular weight excluding hydrogens is 236 g/mol. The van der Waals surface area contributed by atoms with Crippen LogP contribution >= 0.6 is 0 Å². The first-order valence-corrected chi connectivity index (χ1v) is 7.45. The van der Waals surface area contributed by atoms with Crippen molar-refractivity contribution < 1.29 is 4.79 Å². The molecule has 106 valence electrons. The van der Waals surface area contributed by atoms with Crippen molar-refractivity contribution in [3.63, 3.8) is 0 Å². The Morgan fingerprint density at radius 1 is 1.37 bits per heavy atom. The van der Waals surface area contributed by atoms with E-state index in [9.17, 15) is 4.79 Å². The van der Waals surface area contributed by atoms with Crippen LogP contribution in [0.15, 0.2) is 18.3 Å². The molecule has 1 aromatic heterocycles. The lowest BCUT2D eigenvalue weighted by molar-refractivity contribution is 0.0924. The van der Waals surface area contributed by atoms with E-state index in [2.05, 4.69) is 18.7 Å². The Balaban J connectivity index is 1.90. The summed E-state index contributed by atoms with van der Waals surface area (Å²) < 4.78 is 1.91. The van der Waals surface area contributed by atoms with Crippen molar-refractivity contribution >= 4 is 5.78 Å². The van der Waals surface area contributed by atoms with E-state index >= 15 is 0 Å². The van der Waals surface area contributed by atoms with Gasteiger partial charge < -0.3 is 4.57 Å². The molecule has 1 aliphatic heterocycles. The van der Waals surface area contributed by atoms with Crippen molar-refractivity contribution in [2.75, 3.05) is 19.6 Å². The number of Topliss-reactive ketones (excluding diaryl/α,β-unsaturated/α-hetero) is 1. The molecule has 0 saturated carbocycles. The zero-order valence-electron chi connectivity index (χ0n) is 12.4. The van der Waals surface area contributed by atoms with Gasteiger partial charge in [0, 0.05) is 13.2 Å². The molecule has 1 unspecified atom stereocenters. The third-order valence-corrected chi connectivity index (χ3v) is 4.40. The topological polar surface area (TPSA) is 25.2 Å². The molecule has 3 heteroatoms. The van der Waals surface area contributed by atoms with Gasteiger partial charge in [-0.25, -0.2) is 0 Å². The van der Waals surface area contributed by atoms with Gasteiger partial charge in [-0.15, -0.1) is 0 Å². The number of carbonyl (C=O) groups is 1. The van der Waals surface area contributed by atoms with Crippen molar-refractivity contribution in [3.8, 4) is 0 Å². The van der Waals surface area contributed by atoms with Crippen LogP contribution in [0, 0.1) is 11.8 Å². The van der Waals surface area contributed by atoms with E-state index in [1.807, 2.05) is 29.9 Å². The average molecular weight is 262 g/mol. The molecule has 0 bridgehead atoms. The molecule has 0 aliphatic carbocycles. The van der Waals surface area contributed by atoms with Crippen LogP contribution in [-0.2, 0) is 7.05 Å². The van der Waals surface area contributed by atoms with Gasteiger partial charge >= 0.3 is 0 Å². The molecule has 1 aromatic rings. The number of likely N-dealkylation sites (tertiary alicyclic amines) is 1. The molecule has 2 heterocycles. The van der Waals surface area contributed by atoms with Crippen molar-refractivity contribution in [3.05, 3.63) is 24.0 Å². The molecule has 0 spiro atoms. The predicted octanol–water partition coefficient (Wildman–Crippen LogP) is 2.97. The molecule has 0 amide bonds. The van der Waals surface area contributed by atoms with Gasteiger partial charge in [-0.05, 0) is 56.3 Å². The van der Waals surface area contributed by atoms with Crippen molar-refractivity contribution in [1.29, 1.82) is 0 Å². The summed E-state index contributed by atoms with van der Waals surface area (Å²) in [6.45, 7) is 7.34. The fraction of sp³-hybridized carbons (Fsp3) is 0.688. The van der Waals surface area contributed by atoms with Crippen molar-refractivity contribution in [2.24, 2.45) is 18.9 Å². The molecule has 0 N–H and O–H groups in total. The summed E-state index contributed by atoms with van der Waals surface area (Å²) in [4.78, 5) is 14.6. The first kappa shape index (κ1) is 14.3. The first-order valence-electron chi connectivity index (χ1n) is 7.45. The quantitative estimate of drug-likeness (QED) is 0.779. The van der Waals surface area contributed by atoms with Gasteiger partial charge in [0.2, 0.25) is 0 Å². The minimum Gasteiger partial charge on any atom is -0.348 e. The highest BCUT2D eigenvalue weighted by Crippen LogP contribution is 2.24. The Morgan fingerprint density at radius 3 is 2.79 bits per heavy atom. The summed E-state index contributed by atoms with van der Waals surface area (Å²) in [5, 5.41) is 0. The Labute approximate surface area is 116 Å². The van der Waals surface area contributed by atoms with Gasteiger partial charge in [-0.1, -0.05) is 13.8 Å². The monoisotopic (exact) mass is 262 g/mol. The van der Waals surface area contributed by atoms with Crippen LogP contribution in [0.2, 0.25) is 0 Å². The molecule has 0 radical (unpaired) electrons. The number of nitrogens with zero attached hydrogens (tertiary/aromatic N) is 2. The van der Waals surface area contributed by atoms with Crippen LogP contribution in [0.1, 0.15) is 43.6 Å². The number of rotatable bonds is 4. The third kappa shape index (κ3) is 3.69. The average Bonchev–Trinajstić information content (AvgIpc) is 2.65. The van der Waals surface area contributed by atoms with Crippen molar-refractivity contribution in [1.82, 2.24) is 9.47 Å². The van der Waals surface area contributed by atoms with Gasteiger partial charge in [0.15, 0.2) is 5.78 Å². The minimum absolute atomic E-state index is 0.246. The second-order valence-electron chi connectivity index (χ2n) is 6.14. The fourth-order valence-electron chi connectivity index (χ4n) is 3.04. The maximum atomic E-state index is 12.3. The highest BCUT2D eigenvalue weighted by Gasteiger charge is 2.21.